The lowest BCUT2D eigenvalue weighted by Crippen LogP contribution is -2.26. The van der Waals surface area contributed by atoms with Crippen LogP contribution in [0.1, 0.15) is 32.8 Å². The number of benzene rings is 1. The molecule has 1 aromatic carbocycles. The van der Waals surface area contributed by atoms with Crippen LogP contribution in [-0.4, -0.2) is 28.2 Å². The summed E-state index contributed by atoms with van der Waals surface area (Å²) in [7, 11) is -3.51. The van der Waals surface area contributed by atoms with Gasteiger partial charge in [-0.3, -0.25) is 0 Å². The van der Waals surface area contributed by atoms with Crippen LogP contribution in [-0.2, 0) is 21.2 Å². The summed E-state index contributed by atoms with van der Waals surface area (Å²) in [6, 6.07) is 4.99. The summed E-state index contributed by atoms with van der Waals surface area (Å²) in [5.41, 5.74) is 6.91. The van der Waals surface area contributed by atoms with Crippen LogP contribution in [0.3, 0.4) is 0 Å². The Kier molecular flexibility index (Phi) is 7.14. The number of ether oxygens (including phenoxy) is 1. The van der Waals surface area contributed by atoms with Crippen LogP contribution in [0.15, 0.2) is 23.1 Å². The fourth-order valence-corrected chi connectivity index (χ4v) is 3.31. The van der Waals surface area contributed by atoms with Gasteiger partial charge in [-0.2, -0.15) is 0 Å². The molecule has 0 aliphatic rings. The van der Waals surface area contributed by atoms with E-state index in [4.69, 9.17) is 10.5 Å². The van der Waals surface area contributed by atoms with Gasteiger partial charge in [-0.15, -0.1) is 0 Å². The minimum Gasteiger partial charge on any atom is -0.399 e. The molecule has 3 N–H and O–H groups in total. The van der Waals surface area contributed by atoms with Crippen molar-refractivity contribution in [2.75, 3.05) is 25.5 Å². The van der Waals surface area contributed by atoms with Crippen molar-refractivity contribution in [2.45, 2.75) is 38.5 Å². The van der Waals surface area contributed by atoms with Crippen molar-refractivity contribution in [1.82, 2.24) is 4.72 Å². The summed E-state index contributed by atoms with van der Waals surface area (Å²) in [6.07, 6.45) is 1.30. The van der Waals surface area contributed by atoms with E-state index in [1.165, 1.54) is 6.07 Å². The van der Waals surface area contributed by atoms with Gasteiger partial charge in [-0.05, 0) is 36.5 Å². The van der Waals surface area contributed by atoms with Crippen LogP contribution in [0.25, 0.3) is 0 Å². The maximum Gasteiger partial charge on any atom is 0.240 e. The number of anilines is 1. The van der Waals surface area contributed by atoms with Crippen LogP contribution in [0.2, 0.25) is 0 Å². The van der Waals surface area contributed by atoms with E-state index >= 15 is 0 Å². The highest BCUT2D eigenvalue weighted by molar-refractivity contribution is 7.89. The second kappa shape index (κ2) is 8.36. The Balaban J connectivity index is 2.56. The molecule has 0 aromatic heterocycles. The van der Waals surface area contributed by atoms with Gasteiger partial charge < -0.3 is 10.5 Å². The molecule has 0 radical (unpaired) electrons. The van der Waals surface area contributed by atoms with Crippen molar-refractivity contribution in [1.29, 1.82) is 0 Å². The van der Waals surface area contributed by atoms with Crippen LogP contribution in [0.5, 0.6) is 0 Å². The highest BCUT2D eigenvalue weighted by Gasteiger charge is 2.17. The van der Waals surface area contributed by atoms with Gasteiger partial charge in [0.25, 0.3) is 0 Å². The molecule has 0 heterocycles. The summed E-state index contributed by atoms with van der Waals surface area (Å²) < 4.78 is 32.6. The Labute approximate surface area is 127 Å². The zero-order chi connectivity index (χ0) is 15.9. The molecule has 0 spiro atoms. The molecule has 0 atom stereocenters. The molecule has 0 saturated heterocycles. The number of aryl methyl sites for hydroxylation is 1. The fraction of sp³-hybridized carbons (Fsp3) is 0.600. The number of nitrogens with one attached hydrogen (secondary N) is 1. The lowest BCUT2D eigenvalue weighted by molar-refractivity contribution is 0.108. The summed E-state index contributed by atoms with van der Waals surface area (Å²) in [5, 5.41) is 0. The van der Waals surface area contributed by atoms with E-state index in [2.05, 4.69) is 18.6 Å². The molecule has 0 bridgehead atoms. The Hall–Kier alpha value is -1.11. The zero-order valence-electron chi connectivity index (χ0n) is 13.1. The average Bonchev–Trinajstić information content (AvgIpc) is 2.42. The summed E-state index contributed by atoms with van der Waals surface area (Å²) in [5.74, 6) is 0.487. The monoisotopic (exact) mass is 314 g/mol. The predicted octanol–water partition coefficient (Wildman–Crippen LogP) is 2.17. The molecule has 6 heteroatoms. The molecule has 120 valence electrons. The minimum atomic E-state index is -3.51. The van der Waals surface area contributed by atoms with E-state index in [9.17, 15) is 8.42 Å². The Bertz CT molecular complexity index is 542. The first-order chi connectivity index (χ1) is 9.86. The molecular formula is C15H26N2O3S. The van der Waals surface area contributed by atoms with Crippen molar-refractivity contribution < 1.29 is 13.2 Å². The molecule has 0 unspecified atom stereocenters. The van der Waals surface area contributed by atoms with E-state index in [1.807, 2.05) is 6.92 Å². The van der Waals surface area contributed by atoms with Crippen LogP contribution in [0.4, 0.5) is 5.69 Å². The standard InChI is InChI=1S/C15H26N2O3S/c1-4-13-6-7-14(16)10-15(13)21(18,19)17-8-5-9-20-11-12(2)3/h6-7,10,12,17H,4-5,8-9,11,16H2,1-3H3. The van der Waals surface area contributed by atoms with E-state index in [1.54, 1.807) is 12.1 Å². The molecule has 1 aromatic rings. The summed E-state index contributed by atoms with van der Waals surface area (Å²) in [4.78, 5) is 0.271. The van der Waals surface area contributed by atoms with Gasteiger partial charge in [0, 0.05) is 25.4 Å². The third-order valence-electron chi connectivity index (χ3n) is 2.97. The second-order valence-electron chi connectivity index (χ2n) is 5.44. The first kappa shape index (κ1) is 17.9. The number of nitrogens with two attached hydrogens (primary N) is 1. The molecule has 0 aliphatic heterocycles. The Morgan fingerprint density at radius 3 is 2.67 bits per heavy atom. The largest absolute Gasteiger partial charge is 0.399 e. The number of rotatable bonds is 9. The van der Waals surface area contributed by atoms with Gasteiger partial charge in [-0.25, -0.2) is 13.1 Å². The van der Waals surface area contributed by atoms with E-state index in [-0.39, 0.29) is 4.90 Å². The maximum absolute atomic E-state index is 12.3. The second-order valence-corrected chi connectivity index (χ2v) is 7.18. The topological polar surface area (TPSA) is 81.4 Å². The van der Waals surface area contributed by atoms with Crippen LogP contribution < -0.4 is 10.5 Å². The first-order valence-corrected chi connectivity index (χ1v) is 8.81. The van der Waals surface area contributed by atoms with Gasteiger partial charge in [0.05, 0.1) is 4.90 Å². The van der Waals surface area contributed by atoms with Crippen LogP contribution >= 0.6 is 0 Å². The first-order valence-electron chi connectivity index (χ1n) is 7.32. The highest BCUT2D eigenvalue weighted by Crippen LogP contribution is 2.19. The van der Waals surface area contributed by atoms with Crippen LogP contribution in [0, 0.1) is 5.92 Å². The fourth-order valence-electron chi connectivity index (χ4n) is 1.89. The van der Waals surface area contributed by atoms with Gasteiger partial charge in [0.15, 0.2) is 0 Å². The molecule has 0 aliphatic carbocycles. The van der Waals surface area contributed by atoms with Crippen molar-refractivity contribution in [2.24, 2.45) is 5.92 Å². The highest BCUT2D eigenvalue weighted by atomic mass is 32.2. The Morgan fingerprint density at radius 2 is 2.05 bits per heavy atom. The number of nitrogen functional groups attached to an aromatic ring is 1. The average molecular weight is 314 g/mol. The number of hydrogen-bond donors (Lipinski definition) is 2. The van der Waals surface area contributed by atoms with E-state index < -0.39 is 10.0 Å². The lowest BCUT2D eigenvalue weighted by atomic mass is 10.1. The van der Waals surface area contributed by atoms with Crippen molar-refractivity contribution in [3.05, 3.63) is 23.8 Å². The zero-order valence-corrected chi connectivity index (χ0v) is 13.9. The molecule has 0 fully saturated rings. The van der Waals surface area contributed by atoms with Crippen molar-refractivity contribution in [3.8, 4) is 0 Å². The number of sulfonamides is 1. The third-order valence-corrected chi connectivity index (χ3v) is 4.51. The van der Waals surface area contributed by atoms with Crippen molar-refractivity contribution >= 4 is 15.7 Å². The van der Waals surface area contributed by atoms with Gasteiger partial charge >= 0.3 is 0 Å². The lowest BCUT2D eigenvalue weighted by Gasteiger charge is -2.12. The van der Waals surface area contributed by atoms with Gasteiger partial charge in [0.2, 0.25) is 10.0 Å². The van der Waals surface area contributed by atoms with Gasteiger partial charge in [-0.1, -0.05) is 26.8 Å². The van der Waals surface area contributed by atoms with E-state index in [0.29, 0.717) is 44.2 Å². The summed E-state index contributed by atoms with van der Waals surface area (Å²) in [6.45, 7) is 7.69. The summed E-state index contributed by atoms with van der Waals surface area (Å²) >= 11 is 0. The number of hydrogen-bond acceptors (Lipinski definition) is 4. The smallest absolute Gasteiger partial charge is 0.240 e. The molecule has 1 rings (SSSR count). The molecular weight excluding hydrogens is 288 g/mol. The molecule has 5 nitrogen and oxygen atoms in total. The van der Waals surface area contributed by atoms with Gasteiger partial charge in [0.1, 0.15) is 0 Å². The minimum absolute atomic E-state index is 0.271. The quantitative estimate of drug-likeness (QED) is 0.540. The van der Waals surface area contributed by atoms with Crippen molar-refractivity contribution in [3.63, 3.8) is 0 Å². The van der Waals surface area contributed by atoms with E-state index in [0.717, 1.165) is 5.56 Å². The Morgan fingerprint density at radius 1 is 1.33 bits per heavy atom. The molecule has 0 amide bonds. The molecule has 0 saturated carbocycles. The molecule has 21 heavy (non-hydrogen) atoms. The SMILES string of the molecule is CCc1ccc(N)cc1S(=O)(=O)NCCCOCC(C)C. The maximum atomic E-state index is 12.3. The third kappa shape index (κ3) is 6.03. The predicted molar refractivity (Wildman–Crippen MR) is 85.7 cm³/mol. The normalized spacial score (nSPS) is 12.0.